The summed E-state index contributed by atoms with van der Waals surface area (Å²) in [4.78, 5) is 5.92. The molecule has 83 heavy (non-hydrogen) atoms. The second-order valence-electron chi connectivity index (χ2n) is 35.6. The van der Waals surface area contributed by atoms with Crippen molar-refractivity contribution in [3.05, 3.63) is 187 Å². The summed E-state index contributed by atoms with van der Waals surface area (Å²) in [7, 11) is 0. The Bertz CT molecular complexity index is 2780. The van der Waals surface area contributed by atoms with E-state index in [9.17, 15) is 0 Å². The first-order chi connectivity index (χ1) is 37.6. The zero-order chi connectivity index (χ0) is 62.6. The van der Waals surface area contributed by atoms with Gasteiger partial charge in [-0.3, -0.25) is 9.80 Å². The van der Waals surface area contributed by atoms with Crippen molar-refractivity contribution in [1.82, 2.24) is 9.80 Å². The van der Waals surface area contributed by atoms with E-state index in [1.54, 1.807) is 0 Å². The Kier molecular flexibility index (Phi) is 18.0. The van der Waals surface area contributed by atoms with Crippen molar-refractivity contribution < 1.29 is 0 Å². The Morgan fingerprint density at radius 2 is 0.530 bits per heavy atom. The number of benzene rings is 4. The number of hydrogen-bond donors (Lipinski definition) is 0. The van der Waals surface area contributed by atoms with Crippen molar-refractivity contribution in [3.8, 4) is 0 Å². The van der Waals surface area contributed by atoms with Crippen LogP contribution in [0, 0.1) is 10.8 Å². The standard InChI is InChI=1S/C81H120N2/c1-52(56-39-60(72(5,6)7)47-61(40-56)73(8,9)10)68-33-31-35-80(29,54(3)58-43-64(76(17,18)19)49-65(44-58)77(20,21)22)70(68)82-37-38-83(51-82)71-69(53(2)57-41-62(74(11,12)13)48-63(42-57)75(14,15)16)34-32-36-81(71,30)55(4)59-45-66(78(23,24)25)50-67(46-59)79(26,27)28/h31-36,39-50,52-55,70-71H,37-38,51H2,1-30H3. The highest BCUT2D eigenvalue weighted by atomic mass is 15.4. The summed E-state index contributed by atoms with van der Waals surface area (Å²) in [5.41, 5.74) is 19.9. The van der Waals surface area contributed by atoms with Gasteiger partial charge >= 0.3 is 0 Å². The van der Waals surface area contributed by atoms with Crippen LogP contribution in [0.2, 0.25) is 0 Å². The van der Waals surface area contributed by atoms with Crippen LogP contribution in [0.5, 0.6) is 0 Å². The molecule has 0 bridgehead atoms. The second-order valence-corrected chi connectivity index (χ2v) is 35.6. The number of hydrogen-bond acceptors (Lipinski definition) is 2. The van der Waals surface area contributed by atoms with Gasteiger partial charge in [0.15, 0.2) is 0 Å². The fourth-order valence-corrected chi connectivity index (χ4v) is 13.8. The van der Waals surface area contributed by atoms with E-state index < -0.39 is 0 Å². The molecule has 0 amide bonds. The lowest BCUT2D eigenvalue weighted by molar-refractivity contribution is 0.0770. The molecule has 0 radical (unpaired) electrons. The average Bonchev–Trinajstić information content (AvgIpc) is 3.43. The lowest BCUT2D eigenvalue weighted by Gasteiger charge is -2.51. The summed E-state index contributed by atoms with van der Waals surface area (Å²) in [6.45, 7) is 75.6. The van der Waals surface area contributed by atoms with Crippen LogP contribution >= 0.6 is 0 Å². The Morgan fingerprint density at radius 3 is 0.735 bits per heavy atom. The smallest absolute Gasteiger partial charge is 0.0519 e. The summed E-state index contributed by atoms with van der Waals surface area (Å²) in [5, 5.41) is 0. The van der Waals surface area contributed by atoms with Crippen LogP contribution < -0.4 is 0 Å². The van der Waals surface area contributed by atoms with Gasteiger partial charge in [-0.15, -0.1) is 0 Å². The number of rotatable bonds is 10. The Morgan fingerprint density at radius 1 is 0.325 bits per heavy atom. The molecule has 1 aliphatic heterocycles. The summed E-state index contributed by atoms with van der Waals surface area (Å²) >= 11 is 0. The molecule has 4 aromatic rings. The normalized spacial score (nSPS) is 23.5. The molecule has 2 nitrogen and oxygen atoms in total. The molecular weight excluding hydrogens is 1000 g/mol. The zero-order valence-corrected chi connectivity index (χ0v) is 58.9. The summed E-state index contributed by atoms with van der Waals surface area (Å²) in [6, 6.07) is 30.8. The fraction of sp³-hybridized carbons (Fsp3) is 0.605. The molecule has 2 heteroatoms. The molecule has 1 fully saturated rings. The minimum absolute atomic E-state index is 0.0155. The minimum atomic E-state index is -0.239. The number of nitrogens with zero attached hydrogens (tertiary/aromatic N) is 2. The molecule has 0 spiro atoms. The lowest BCUT2D eigenvalue weighted by Crippen LogP contribution is -2.53. The van der Waals surface area contributed by atoms with Crippen LogP contribution in [0.3, 0.4) is 0 Å². The quantitative estimate of drug-likeness (QED) is 0.156. The van der Waals surface area contributed by atoms with E-state index in [4.69, 9.17) is 0 Å². The maximum Gasteiger partial charge on any atom is 0.0519 e. The highest BCUT2D eigenvalue weighted by Gasteiger charge is 2.52. The van der Waals surface area contributed by atoms with Gasteiger partial charge in [0, 0.05) is 47.8 Å². The SMILES string of the molecule is CC(C1=CC=CC(C)(C(C)c2cc(C(C)(C)C)cc(C(C)(C)C)c2)C1N1CCN(C2C(C(C)c3cc(C(C)(C)C)cc(C(C)(C)C)c3)=CC=CC2(C)C(C)c2cc(C(C)(C)C)cc(C(C)(C)C)c2)C1)c1cc(C(C)(C)C)cc(C(C)(C)C)c1. The molecule has 8 unspecified atom stereocenters. The van der Waals surface area contributed by atoms with Crippen molar-refractivity contribution in [3.63, 3.8) is 0 Å². The van der Waals surface area contributed by atoms with Crippen molar-refractivity contribution in [2.24, 2.45) is 10.8 Å². The Balaban J connectivity index is 1.46. The van der Waals surface area contributed by atoms with Crippen LogP contribution in [0.1, 0.15) is 298 Å². The predicted octanol–water partition coefficient (Wildman–Crippen LogP) is 21.9. The first kappa shape index (κ1) is 66.3. The van der Waals surface area contributed by atoms with Gasteiger partial charge in [-0.1, -0.05) is 317 Å². The van der Waals surface area contributed by atoms with Gasteiger partial charge in [0.05, 0.1) is 6.67 Å². The molecule has 1 heterocycles. The van der Waals surface area contributed by atoms with Gasteiger partial charge in [0.25, 0.3) is 0 Å². The third kappa shape index (κ3) is 14.0. The molecule has 4 aromatic carbocycles. The van der Waals surface area contributed by atoms with E-state index in [0.29, 0.717) is 0 Å². The van der Waals surface area contributed by atoms with Crippen molar-refractivity contribution >= 4 is 0 Å². The van der Waals surface area contributed by atoms with Crippen molar-refractivity contribution in [2.45, 2.75) is 287 Å². The third-order valence-corrected chi connectivity index (χ3v) is 20.7. The molecule has 8 atom stereocenters. The first-order valence-corrected chi connectivity index (χ1v) is 32.5. The molecule has 1 saturated heterocycles. The van der Waals surface area contributed by atoms with Gasteiger partial charge < -0.3 is 0 Å². The van der Waals surface area contributed by atoms with Crippen LogP contribution in [-0.4, -0.2) is 41.6 Å². The molecule has 3 aliphatic rings. The van der Waals surface area contributed by atoms with Crippen LogP contribution in [0.4, 0.5) is 0 Å². The van der Waals surface area contributed by atoms with E-state index in [-0.39, 0.29) is 89.9 Å². The summed E-state index contributed by atoms with van der Waals surface area (Å²) in [5.74, 6) is 0.830. The second kappa shape index (κ2) is 22.5. The van der Waals surface area contributed by atoms with E-state index in [0.717, 1.165) is 19.8 Å². The largest absolute Gasteiger partial charge is 0.282 e. The average molecular weight is 1120 g/mol. The van der Waals surface area contributed by atoms with Gasteiger partial charge in [-0.25, -0.2) is 0 Å². The molecule has 0 aromatic heterocycles. The summed E-state index contributed by atoms with van der Waals surface area (Å²) < 4.78 is 0. The van der Waals surface area contributed by atoms with Gasteiger partial charge in [0.2, 0.25) is 0 Å². The molecule has 454 valence electrons. The van der Waals surface area contributed by atoms with E-state index in [1.165, 1.54) is 77.9 Å². The predicted molar refractivity (Wildman–Crippen MR) is 366 cm³/mol. The van der Waals surface area contributed by atoms with Crippen molar-refractivity contribution in [2.75, 3.05) is 19.8 Å². The highest BCUT2D eigenvalue weighted by molar-refractivity contribution is 5.50. The third-order valence-electron chi connectivity index (χ3n) is 20.7. The summed E-state index contributed by atoms with van der Waals surface area (Å²) in [6.07, 6.45) is 15.2. The molecule has 7 rings (SSSR count). The molecular formula is C81H120N2. The first-order valence-electron chi connectivity index (χ1n) is 32.5. The van der Waals surface area contributed by atoms with Gasteiger partial charge in [-0.2, -0.15) is 0 Å². The Hall–Kier alpha value is -4.24. The van der Waals surface area contributed by atoms with E-state index >= 15 is 0 Å². The van der Waals surface area contributed by atoms with Gasteiger partial charge in [0.1, 0.15) is 0 Å². The fourth-order valence-electron chi connectivity index (χ4n) is 13.8. The topological polar surface area (TPSA) is 6.48 Å². The maximum atomic E-state index is 2.96. The van der Waals surface area contributed by atoms with E-state index in [2.05, 4.69) is 327 Å². The number of allylic oxidation sites excluding steroid dienone is 4. The molecule has 2 aliphatic carbocycles. The highest BCUT2D eigenvalue weighted by Crippen LogP contribution is 2.55. The Labute approximate surface area is 511 Å². The molecule has 0 saturated carbocycles. The lowest BCUT2D eigenvalue weighted by atomic mass is 9.62. The van der Waals surface area contributed by atoms with Crippen LogP contribution in [0.15, 0.2) is 120 Å². The molecule has 0 N–H and O–H groups in total. The van der Waals surface area contributed by atoms with Crippen LogP contribution in [0.25, 0.3) is 0 Å². The van der Waals surface area contributed by atoms with E-state index in [1.807, 2.05) is 0 Å². The van der Waals surface area contributed by atoms with Crippen molar-refractivity contribution in [1.29, 1.82) is 0 Å². The zero-order valence-electron chi connectivity index (χ0n) is 58.9. The van der Waals surface area contributed by atoms with Gasteiger partial charge in [-0.05, 0) is 133 Å². The minimum Gasteiger partial charge on any atom is -0.282 e. The van der Waals surface area contributed by atoms with Crippen LogP contribution in [-0.2, 0) is 43.3 Å². The monoisotopic (exact) mass is 1120 g/mol. The maximum absolute atomic E-state index is 2.96.